The van der Waals surface area contributed by atoms with Crippen molar-refractivity contribution in [3.05, 3.63) is 148 Å². The van der Waals surface area contributed by atoms with Crippen molar-refractivity contribution in [2.75, 3.05) is 0 Å². The van der Waals surface area contributed by atoms with Crippen LogP contribution in [0.2, 0.25) is 0 Å². The highest BCUT2D eigenvalue weighted by Crippen LogP contribution is 2.44. The number of allylic oxidation sites excluding steroid dienone is 1. The standard InChI is InChI=1S/C42H22F6N4/c43-41(44,45)28-10-4-8-24(16-28)26-12-14-30-32-20-35-37(36(23-6-2-1-3-7-23)38(32)40(52-22-50)33(30)18-26)31-15-13-27(19-34(31)39(35)51-21-49)25-9-5-11-29(17-25)42(46,47)48/h1-18,20,27H,19H2. The third kappa shape index (κ3) is 5.32. The van der Waals surface area contributed by atoms with E-state index in [1.165, 1.54) is 12.1 Å². The highest BCUT2D eigenvalue weighted by atomic mass is 19.4. The van der Waals surface area contributed by atoms with Gasteiger partial charge in [0.25, 0.3) is 0 Å². The molecule has 1 aliphatic carbocycles. The summed E-state index contributed by atoms with van der Waals surface area (Å²) in [6.07, 6.45) is -1.20. The number of alkyl halides is 6. The van der Waals surface area contributed by atoms with Gasteiger partial charge < -0.3 is 0 Å². The molecule has 7 aromatic carbocycles. The second-order valence-electron chi connectivity index (χ2n) is 12.6. The van der Waals surface area contributed by atoms with Gasteiger partial charge in [0.1, 0.15) is 0 Å². The minimum absolute atomic E-state index is 0.289. The van der Waals surface area contributed by atoms with Crippen LogP contribution in [0.15, 0.2) is 119 Å². The first kappa shape index (κ1) is 32.7. The Bertz CT molecular complexity index is 2820. The van der Waals surface area contributed by atoms with E-state index in [0.29, 0.717) is 59.9 Å². The molecular formula is C42H22F6N4. The average molecular weight is 697 g/mol. The second-order valence-corrected chi connectivity index (χ2v) is 12.6. The Hall–Kier alpha value is -6.52. The largest absolute Gasteiger partial charge is 0.416 e. The van der Waals surface area contributed by atoms with Crippen molar-refractivity contribution in [1.29, 1.82) is 10.5 Å². The van der Waals surface area contributed by atoms with E-state index in [0.717, 1.165) is 46.3 Å². The molecule has 0 aliphatic heterocycles. The molecule has 7 aromatic rings. The van der Waals surface area contributed by atoms with Gasteiger partial charge in [0.2, 0.25) is 12.4 Å². The molecule has 252 valence electrons. The Kier molecular flexibility index (Phi) is 7.58. The lowest BCUT2D eigenvalue weighted by Gasteiger charge is -2.19. The minimum Gasteiger partial charge on any atom is -0.173 e. The van der Waals surface area contributed by atoms with E-state index in [9.17, 15) is 36.9 Å². The zero-order chi connectivity index (χ0) is 36.4. The number of benzene rings is 5. The Morgan fingerprint density at radius 1 is 0.577 bits per heavy atom. The van der Waals surface area contributed by atoms with Crippen LogP contribution in [0.3, 0.4) is 0 Å². The molecular weight excluding hydrogens is 674 g/mol. The fraction of sp³-hybridized carbons (Fsp3) is 0.0952. The van der Waals surface area contributed by atoms with E-state index >= 15 is 0 Å². The van der Waals surface area contributed by atoms with Gasteiger partial charge in [-0.25, -0.2) is 0 Å². The van der Waals surface area contributed by atoms with Crippen LogP contribution in [0.5, 0.6) is 0 Å². The van der Waals surface area contributed by atoms with E-state index in [2.05, 4.69) is 9.98 Å². The Morgan fingerprint density at radius 3 is 1.94 bits per heavy atom. The molecule has 10 heteroatoms. The molecule has 0 saturated heterocycles. The zero-order valence-corrected chi connectivity index (χ0v) is 26.8. The molecule has 0 radical (unpaired) electrons. The smallest absolute Gasteiger partial charge is 0.173 e. The van der Waals surface area contributed by atoms with Gasteiger partial charge in [-0.1, -0.05) is 84.9 Å². The van der Waals surface area contributed by atoms with Crippen molar-refractivity contribution in [2.24, 2.45) is 9.98 Å². The lowest BCUT2D eigenvalue weighted by atomic mass is 9.85. The highest BCUT2D eigenvalue weighted by molar-refractivity contribution is 6.24. The number of rotatable bonds is 3. The van der Waals surface area contributed by atoms with Crippen molar-refractivity contribution in [3.8, 4) is 34.6 Å². The third-order valence-corrected chi connectivity index (χ3v) is 9.74. The molecule has 0 aromatic heterocycles. The summed E-state index contributed by atoms with van der Waals surface area (Å²) in [6, 6.07) is 26.8. The molecule has 0 bridgehead atoms. The van der Waals surface area contributed by atoms with Crippen LogP contribution in [0.4, 0.5) is 26.3 Å². The van der Waals surface area contributed by atoms with Gasteiger partial charge in [-0.2, -0.15) is 46.9 Å². The van der Waals surface area contributed by atoms with Crippen molar-refractivity contribution in [2.45, 2.75) is 24.7 Å². The minimum atomic E-state index is -4.53. The number of hydrogen-bond donors (Lipinski definition) is 0. The van der Waals surface area contributed by atoms with Crippen LogP contribution >= 0.6 is 0 Å². The molecule has 0 heterocycles. The monoisotopic (exact) mass is 696 g/mol. The molecule has 0 fully saturated rings. The number of fused-ring (bicyclic) bond motifs is 6. The fourth-order valence-corrected chi connectivity index (χ4v) is 7.52. The Labute approximate surface area is 291 Å². The van der Waals surface area contributed by atoms with E-state index in [-0.39, 0.29) is 6.42 Å². The topological polar surface area (TPSA) is 72.3 Å². The molecule has 4 nitrogen and oxygen atoms in total. The number of nitriles is 2. The predicted octanol–water partition coefficient (Wildman–Crippen LogP) is 10.5. The average Bonchev–Trinajstić information content (AvgIpc) is 3.62. The molecule has 0 N–H and O–H groups in total. The molecule has 1 aliphatic rings. The van der Waals surface area contributed by atoms with E-state index in [4.69, 9.17) is 0 Å². The lowest BCUT2D eigenvalue weighted by molar-refractivity contribution is -0.138. The van der Waals surface area contributed by atoms with Crippen LogP contribution in [0, 0.1) is 22.9 Å². The van der Waals surface area contributed by atoms with Crippen LogP contribution in [-0.2, 0) is 18.8 Å². The SMILES string of the molecule is N#CN=c1c2c(c3c(-c4ccccc4)c4c(=NC#N)c5cc(-c6cccc(C(F)(F)F)c6)ccc5c4cc13)C=CC(c1cccc(C(F)(F)F)c1)C2. The lowest BCUT2D eigenvalue weighted by Crippen LogP contribution is -2.14. The van der Waals surface area contributed by atoms with Gasteiger partial charge >= 0.3 is 12.4 Å². The van der Waals surface area contributed by atoms with E-state index < -0.39 is 29.4 Å². The maximum absolute atomic E-state index is 13.6. The summed E-state index contributed by atoms with van der Waals surface area (Å²) in [5.74, 6) is -0.419. The van der Waals surface area contributed by atoms with Crippen molar-refractivity contribution in [1.82, 2.24) is 0 Å². The van der Waals surface area contributed by atoms with Gasteiger partial charge in [0.05, 0.1) is 21.8 Å². The molecule has 52 heavy (non-hydrogen) atoms. The van der Waals surface area contributed by atoms with E-state index in [1.807, 2.05) is 60.9 Å². The van der Waals surface area contributed by atoms with Crippen molar-refractivity contribution < 1.29 is 26.3 Å². The first-order valence-corrected chi connectivity index (χ1v) is 16.1. The first-order valence-electron chi connectivity index (χ1n) is 16.1. The first-order chi connectivity index (χ1) is 25.0. The number of halogens is 6. The zero-order valence-electron chi connectivity index (χ0n) is 26.8. The molecule has 1 atom stereocenters. The highest BCUT2D eigenvalue weighted by Gasteiger charge is 2.33. The normalized spacial score (nSPS) is 15.3. The van der Waals surface area contributed by atoms with E-state index in [1.54, 1.807) is 30.3 Å². The van der Waals surface area contributed by atoms with Gasteiger partial charge in [-0.3, -0.25) is 0 Å². The van der Waals surface area contributed by atoms with Gasteiger partial charge in [-0.05, 0) is 86.3 Å². The van der Waals surface area contributed by atoms with Gasteiger partial charge in [0, 0.05) is 27.6 Å². The summed E-state index contributed by atoms with van der Waals surface area (Å²) in [6.45, 7) is 0. The van der Waals surface area contributed by atoms with Crippen molar-refractivity contribution >= 4 is 38.4 Å². The predicted molar refractivity (Wildman–Crippen MR) is 186 cm³/mol. The summed E-state index contributed by atoms with van der Waals surface area (Å²) >= 11 is 0. The molecule has 8 rings (SSSR count). The Balaban J connectivity index is 1.44. The maximum atomic E-state index is 13.6. The second kappa shape index (κ2) is 12.1. The quantitative estimate of drug-likeness (QED) is 0.136. The van der Waals surface area contributed by atoms with Crippen LogP contribution in [0.25, 0.3) is 60.6 Å². The summed E-state index contributed by atoms with van der Waals surface area (Å²) in [4.78, 5) is 8.55. The number of nitrogens with zero attached hydrogens (tertiary/aromatic N) is 4. The fourth-order valence-electron chi connectivity index (χ4n) is 7.52. The van der Waals surface area contributed by atoms with Gasteiger partial charge in [0.15, 0.2) is 0 Å². The maximum Gasteiger partial charge on any atom is 0.416 e. The summed E-state index contributed by atoms with van der Waals surface area (Å²) in [5, 5.41) is 24.5. The van der Waals surface area contributed by atoms with Gasteiger partial charge in [-0.15, -0.1) is 0 Å². The van der Waals surface area contributed by atoms with Crippen molar-refractivity contribution in [3.63, 3.8) is 0 Å². The van der Waals surface area contributed by atoms with Crippen LogP contribution in [0.1, 0.15) is 33.7 Å². The summed E-state index contributed by atoms with van der Waals surface area (Å²) in [5.41, 5.74) is 2.76. The summed E-state index contributed by atoms with van der Waals surface area (Å²) < 4.78 is 81.7. The number of hydrogen-bond acceptors (Lipinski definition) is 4. The molecule has 1 unspecified atom stereocenters. The molecule has 0 saturated carbocycles. The summed E-state index contributed by atoms with van der Waals surface area (Å²) in [7, 11) is 0. The van der Waals surface area contributed by atoms with Crippen LogP contribution < -0.4 is 10.7 Å². The van der Waals surface area contributed by atoms with Crippen LogP contribution in [-0.4, -0.2) is 0 Å². The third-order valence-electron chi connectivity index (χ3n) is 9.74. The molecule has 0 amide bonds. The Morgan fingerprint density at radius 2 is 1.23 bits per heavy atom. The molecule has 0 spiro atoms.